The Morgan fingerprint density at radius 2 is 2.04 bits per heavy atom. The van der Waals surface area contributed by atoms with E-state index in [1.54, 1.807) is 13.0 Å². The van der Waals surface area contributed by atoms with Crippen LogP contribution < -0.4 is 10.6 Å². The lowest BCUT2D eigenvalue weighted by Crippen LogP contribution is -2.38. The van der Waals surface area contributed by atoms with Gasteiger partial charge in [-0.1, -0.05) is 25.5 Å². The van der Waals surface area contributed by atoms with E-state index in [9.17, 15) is 4.39 Å². The molecule has 6 nitrogen and oxygen atoms in total. The molecule has 0 amide bonds. The summed E-state index contributed by atoms with van der Waals surface area (Å²) in [6, 6.07) is 5.21. The Kier molecular flexibility index (Phi) is 6.91. The van der Waals surface area contributed by atoms with E-state index in [1.807, 2.05) is 24.6 Å². The van der Waals surface area contributed by atoms with Crippen LogP contribution in [-0.2, 0) is 20.1 Å². The third kappa shape index (κ3) is 5.55. The Hall–Kier alpha value is -2.44. The number of aliphatic imine (C=N–C) groups is 1. The molecule has 0 aliphatic carbocycles. The van der Waals surface area contributed by atoms with Gasteiger partial charge in [-0.2, -0.15) is 0 Å². The molecule has 0 radical (unpaired) electrons. The maximum atomic E-state index is 13.7. The van der Waals surface area contributed by atoms with Gasteiger partial charge in [-0.15, -0.1) is 10.2 Å². The summed E-state index contributed by atoms with van der Waals surface area (Å²) in [7, 11) is 1.93. The predicted octanol–water partition coefficient (Wildman–Crippen LogP) is 2.61. The Labute approximate surface area is 148 Å². The Balaban J connectivity index is 2.02. The third-order valence-corrected chi connectivity index (χ3v) is 4.08. The van der Waals surface area contributed by atoms with Crippen molar-refractivity contribution >= 4 is 5.96 Å². The van der Waals surface area contributed by atoms with E-state index in [0.717, 1.165) is 36.6 Å². The molecule has 2 aromatic rings. The number of rotatable bonds is 7. The van der Waals surface area contributed by atoms with Crippen molar-refractivity contribution < 1.29 is 4.39 Å². The number of benzene rings is 1. The second kappa shape index (κ2) is 9.15. The van der Waals surface area contributed by atoms with Gasteiger partial charge in [-0.25, -0.2) is 9.38 Å². The maximum Gasteiger partial charge on any atom is 0.191 e. The number of nitrogens with one attached hydrogen (secondary N) is 2. The summed E-state index contributed by atoms with van der Waals surface area (Å²) in [6.07, 6.45) is 2.16. The van der Waals surface area contributed by atoms with Gasteiger partial charge < -0.3 is 15.2 Å². The summed E-state index contributed by atoms with van der Waals surface area (Å²) in [5.74, 6) is 2.19. The van der Waals surface area contributed by atoms with E-state index in [2.05, 4.69) is 32.7 Å². The number of aromatic nitrogens is 3. The highest BCUT2D eigenvalue weighted by molar-refractivity contribution is 5.79. The predicted molar refractivity (Wildman–Crippen MR) is 97.8 cm³/mol. The third-order valence-electron chi connectivity index (χ3n) is 4.08. The zero-order valence-corrected chi connectivity index (χ0v) is 15.4. The minimum atomic E-state index is -0.198. The molecule has 0 aliphatic heterocycles. The van der Waals surface area contributed by atoms with Crippen LogP contribution in [0.2, 0.25) is 0 Å². The van der Waals surface area contributed by atoms with Crippen molar-refractivity contribution in [3.8, 4) is 0 Å². The lowest BCUT2D eigenvalue weighted by molar-refractivity contribution is 0.616. The molecule has 2 rings (SSSR count). The highest BCUT2D eigenvalue weighted by atomic mass is 19.1. The number of guanidine groups is 1. The second-order valence-corrected chi connectivity index (χ2v) is 6.10. The number of hydrogen-bond acceptors (Lipinski definition) is 3. The molecule has 0 spiro atoms. The van der Waals surface area contributed by atoms with Crippen LogP contribution in [0.15, 0.2) is 23.2 Å². The largest absolute Gasteiger partial charge is 0.356 e. The van der Waals surface area contributed by atoms with Crippen LogP contribution in [0.5, 0.6) is 0 Å². The van der Waals surface area contributed by atoms with Crippen LogP contribution in [0.4, 0.5) is 4.39 Å². The molecule has 25 heavy (non-hydrogen) atoms. The van der Waals surface area contributed by atoms with Crippen molar-refractivity contribution in [3.63, 3.8) is 0 Å². The minimum absolute atomic E-state index is 0.198. The van der Waals surface area contributed by atoms with E-state index < -0.39 is 0 Å². The van der Waals surface area contributed by atoms with Gasteiger partial charge in [0.1, 0.15) is 11.6 Å². The van der Waals surface area contributed by atoms with Gasteiger partial charge in [0.15, 0.2) is 11.8 Å². The molecule has 0 saturated carbocycles. The molecule has 0 saturated heterocycles. The fourth-order valence-corrected chi connectivity index (χ4v) is 2.23. The van der Waals surface area contributed by atoms with Crippen LogP contribution >= 0.6 is 0 Å². The maximum absolute atomic E-state index is 13.7. The molecule has 1 aromatic heterocycles. The Morgan fingerprint density at radius 3 is 2.68 bits per heavy atom. The molecular weight excluding hydrogens is 319 g/mol. The summed E-state index contributed by atoms with van der Waals surface area (Å²) in [4.78, 5) is 4.56. The van der Waals surface area contributed by atoms with Crippen LogP contribution in [-0.4, -0.2) is 27.3 Å². The van der Waals surface area contributed by atoms with Gasteiger partial charge in [-0.3, -0.25) is 0 Å². The van der Waals surface area contributed by atoms with Crippen molar-refractivity contribution in [1.82, 2.24) is 25.4 Å². The van der Waals surface area contributed by atoms with Crippen LogP contribution in [0.3, 0.4) is 0 Å². The summed E-state index contributed by atoms with van der Waals surface area (Å²) in [6.45, 7) is 7.58. The number of nitrogens with zero attached hydrogens (tertiary/aromatic N) is 4. The average Bonchev–Trinajstić information content (AvgIpc) is 2.92. The van der Waals surface area contributed by atoms with E-state index in [1.165, 1.54) is 6.07 Å². The van der Waals surface area contributed by atoms with Gasteiger partial charge in [0.25, 0.3) is 0 Å². The van der Waals surface area contributed by atoms with Crippen molar-refractivity contribution in [2.75, 3.05) is 6.54 Å². The first kappa shape index (κ1) is 18.9. The van der Waals surface area contributed by atoms with Gasteiger partial charge >= 0.3 is 0 Å². The molecule has 1 heterocycles. The van der Waals surface area contributed by atoms with Crippen molar-refractivity contribution in [1.29, 1.82) is 0 Å². The van der Waals surface area contributed by atoms with Gasteiger partial charge in [-0.05, 0) is 37.5 Å². The van der Waals surface area contributed by atoms with Gasteiger partial charge in [0.2, 0.25) is 0 Å². The molecule has 0 aliphatic rings. The number of aryl methyl sites for hydroxylation is 2. The summed E-state index contributed by atoms with van der Waals surface area (Å²) in [5.41, 5.74) is 1.49. The normalized spacial score (nSPS) is 11.6. The summed E-state index contributed by atoms with van der Waals surface area (Å²) < 4.78 is 15.6. The fraction of sp³-hybridized carbons (Fsp3) is 0.500. The van der Waals surface area contributed by atoms with E-state index in [4.69, 9.17) is 0 Å². The first-order valence-electron chi connectivity index (χ1n) is 8.63. The molecule has 136 valence electrons. The average molecular weight is 346 g/mol. The molecule has 0 atom stereocenters. The Morgan fingerprint density at radius 1 is 1.24 bits per heavy atom. The van der Waals surface area contributed by atoms with Crippen LogP contribution in [0, 0.1) is 19.7 Å². The molecular formula is C18H27FN6. The van der Waals surface area contributed by atoms with Crippen LogP contribution in [0.1, 0.15) is 42.5 Å². The first-order valence-corrected chi connectivity index (χ1v) is 8.63. The van der Waals surface area contributed by atoms with Crippen LogP contribution in [0.25, 0.3) is 0 Å². The highest BCUT2D eigenvalue weighted by Crippen LogP contribution is 2.10. The monoisotopic (exact) mass is 346 g/mol. The molecule has 0 bridgehead atoms. The molecule has 1 aromatic carbocycles. The van der Waals surface area contributed by atoms with E-state index >= 15 is 0 Å². The van der Waals surface area contributed by atoms with E-state index in [-0.39, 0.29) is 5.82 Å². The standard InChI is InChI=1S/C18H27FN6/c1-5-6-9-20-18(22-12-17-24-23-14(3)25(17)4)21-11-15-8-7-13(2)16(19)10-15/h7-8,10H,5-6,9,11-12H2,1-4H3,(H2,20,21,22). The van der Waals surface area contributed by atoms with Gasteiger partial charge in [0, 0.05) is 13.6 Å². The van der Waals surface area contributed by atoms with Gasteiger partial charge in [0.05, 0.1) is 13.1 Å². The highest BCUT2D eigenvalue weighted by Gasteiger charge is 2.06. The number of unbranched alkanes of at least 4 members (excludes halogenated alkanes) is 1. The molecule has 0 unspecified atom stereocenters. The number of halogens is 1. The summed E-state index contributed by atoms with van der Waals surface area (Å²) in [5, 5.41) is 14.8. The Bertz CT molecular complexity index is 722. The quantitative estimate of drug-likeness (QED) is 0.459. The number of hydrogen-bond donors (Lipinski definition) is 2. The topological polar surface area (TPSA) is 67.1 Å². The SMILES string of the molecule is CCCCNC(=NCc1ccc(C)c(F)c1)NCc1nnc(C)n1C. The van der Waals surface area contributed by atoms with Crippen molar-refractivity contribution in [2.24, 2.45) is 12.0 Å². The van der Waals surface area contributed by atoms with Crippen molar-refractivity contribution in [2.45, 2.75) is 46.7 Å². The minimum Gasteiger partial charge on any atom is -0.356 e. The molecule has 0 fully saturated rings. The molecule has 7 heteroatoms. The zero-order chi connectivity index (χ0) is 18.2. The first-order chi connectivity index (χ1) is 12.0. The smallest absolute Gasteiger partial charge is 0.191 e. The lowest BCUT2D eigenvalue weighted by Gasteiger charge is -2.12. The fourth-order valence-electron chi connectivity index (χ4n) is 2.23. The van der Waals surface area contributed by atoms with Crippen molar-refractivity contribution in [3.05, 3.63) is 46.8 Å². The molecule has 2 N–H and O–H groups in total. The lowest BCUT2D eigenvalue weighted by atomic mass is 10.1. The second-order valence-electron chi connectivity index (χ2n) is 6.10. The summed E-state index contributed by atoms with van der Waals surface area (Å²) >= 11 is 0. The van der Waals surface area contributed by atoms with E-state index in [0.29, 0.717) is 24.6 Å². The zero-order valence-electron chi connectivity index (χ0n) is 15.4.